The first-order valence-corrected chi connectivity index (χ1v) is 9.05. The molecule has 0 spiro atoms. The van der Waals surface area contributed by atoms with Gasteiger partial charge in [-0.2, -0.15) is 0 Å². The summed E-state index contributed by atoms with van der Waals surface area (Å²) in [4.78, 5) is 16.6. The summed E-state index contributed by atoms with van der Waals surface area (Å²) < 4.78 is 5.58. The molecule has 0 aliphatic carbocycles. The lowest BCUT2D eigenvalue weighted by atomic mass is 10.0. The molecule has 1 atom stereocenters. The van der Waals surface area contributed by atoms with Crippen LogP contribution < -0.4 is 4.74 Å². The maximum absolute atomic E-state index is 10.9. The Morgan fingerprint density at radius 2 is 1.96 bits per heavy atom. The lowest BCUT2D eigenvalue weighted by molar-refractivity contribution is 0.0633. The minimum atomic E-state index is -0.969. The molecule has 0 saturated carbocycles. The SMILES string of the molecule is O=C(O)c1ccc(OCC(O)CN2CCc3c([nH]c4ccccc34)C2)cc1. The van der Waals surface area contributed by atoms with Crippen molar-refractivity contribution in [1.29, 1.82) is 0 Å². The molecule has 27 heavy (non-hydrogen) atoms. The van der Waals surface area contributed by atoms with Crippen molar-refractivity contribution in [1.82, 2.24) is 9.88 Å². The standard InChI is InChI=1S/C21H22N2O4/c24-15(13-27-16-7-5-14(6-8-16)21(25)26)11-23-10-9-18-17-3-1-2-4-19(17)22-20(18)12-23/h1-8,15,22,24H,9-13H2,(H,25,26). The van der Waals surface area contributed by atoms with Gasteiger partial charge in [-0.05, 0) is 42.3 Å². The van der Waals surface area contributed by atoms with Crippen LogP contribution in [-0.4, -0.2) is 51.9 Å². The van der Waals surface area contributed by atoms with Crippen molar-refractivity contribution in [2.45, 2.75) is 19.1 Å². The van der Waals surface area contributed by atoms with Gasteiger partial charge in [0.25, 0.3) is 0 Å². The number of fused-ring (bicyclic) bond motifs is 3. The second-order valence-electron chi connectivity index (χ2n) is 6.91. The van der Waals surface area contributed by atoms with Crippen molar-refractivity contribution >= 4 is 16.9 Å². The fourth-order valence-corrected chi connectivity index (χ4v) is 3.64. The highest BCUT2D eigenvalue weighted by atomic mass is 16.5. The summed E-state index contributed by atoms with van der Waals surface area (Å²) in [5.41, 5.74) is 3.98. The summed E-state index contributed by atoms with van der Waals surface area (Å²) in [7, 11) is 0. The van der Waals surface area contributed by atoms with Gasteiger partial charge in [0.05, 0.1) is 5.56 Å². The van der Waals surface area contributed by atoms with Crippen LogP contribution in [0.3, 0.4) is 0 Å². The third kappa shape index (κ3) is 3.82. The molecule has 1 aliphatic heterocycles. The maximum Gasteiger partial charge on any atom is 0.335 e. The highest BCUT2D eigenvalue weighted by molar-refractivity contribution is 5.87. The van der Waals surface area contributed by atoms with Crippen molar-refractivity contribution in [3.8, 4) is 5.75 Å². The monoisotopic (exact) mass is 366 g/mol. The fraction of sp³-hybridized carbons (Fsp3) is 0.286. The molecule has 4 rings (SSSR count). The zero-order valence-corrected chi connectivity index (χ0v) is 14.9. The van der Waals surface area contributed by atoms with E-state index < -0.39 is 12.1 Å². The Kier molecular flexibility index (Phi) is 4.83. The van der Waals surface area contributed by atoms with Gasteiger partial charge >= 0.3 is 5.97 Å². The Labute approximate surface area is 157 Å². The molecule has 3 N–H and O–H groups in total. The lowest BCUT2D eigenvalue weighted by Crippen LogP contribution is -2.38. The van der Waals surface area contributed by atoms with E-state index >= 15 is 0 Å². The molecule has 0 saturated heterocycles. The van der Waals surface area contributed by atoms with Crippen LogP contribution in [0.1, 0.15) is 21.6 Å². The molecule has 2 aromatic carbocycles. The van der Waals surface area contributed by atoms with Crippen LogP contribution in [0.5, 0.6) is 5.75 Å². The van der Waals surface area contributed by atoms with Gasteiger partial charge in [0, 0.05) is 36.2 Å². The first kappa shape index (κ1) is 17.6. The van der Waals surface area contributed by atoms with Gasteiger partial charge in [-0.15, -0.1) is 0 Å². The van der Waals surface area contributed by atoms with Crippen LogP contribution in [-0.2, 0) is 13.0 Å². The van der Waals surface area contributed by atoms with E-state index in [-0.39, 0.29) is 12.2 Å². The Morgan fingerprint density at radius 1 is 1.19 bits per heavy atom. The minimum Gasteiger partial charge on any atom is -0.491 e. The van der Waals surface area contributed by atoms with E-state index in [1.807, 2.05) is 6.07 Å². The third-order valence-corrected chi connectivity index (χ3v) is 4.97. The number of hydrogen-bond donors (Lipinski definition) is 3. The molecule has 0 bridgehead atoms. The molecule has 0 amide bonds. The summed E-state index contributed by atoms with van der Waals surface area (Å²) >= 11 is 0. The highest BCUT2D eigenvalue weighted by Crippen LogP contribution is 2.27. The van der Waals surface area contributed by atoms with Crippen molar-refractivity contribution in [2.75, 3.05) is 19.7 Å². The topological polar surface area (TPSA) is 85.8 Å². The Hall–Kier alpha value is -2.83. The van der Waals surface area contributed by atoms with Crippen molar-refractivity contribution in [3.05, 3.63) is 65.4 Å². The second-order valence-corrected chi connectivity index (χ2v) is 6.91. The van der Waals surface area contributed by atoms with Gasteiger partial charge in [0.2, 0.25) is 0 Å². The Bertz CT molecular complexity index is 948. The summed E-state index contributed by atoms with van der Waals surface area (Å²) in [6.07, 6.45) is 0.346. The number of β-amino-alcohol motifs (C(OH)–C–C–N with tert-alkyl or cyclic N) is 1. The quantitative estimate of drug-likeness (QED) is 0.624. The highest BCUT2D eigenvalue weighted by Gasteiger charge is 2.22. The number of para-hydroxylation sites is 1. The average Bonchev–Trinajstić information content (AvgIpc) is 3.04. The molecule has 2 heterocycles. The number of aromatic carboxylic acids is 1. The molecule has 140 valence electrons. The zero-order valence-electron chi connectivity index (χ0n) is 14.9. The summed E-state index contributed by atoms with van der Waals surface area (Å²) in [5.74, 6) is -0.418. The molecule has 0 radical (unpaired) electrons. The zero-order chi connectivity index (χ0) is 18.8. The van der Waals surface area contributed by atoms with Crippen LogP contribution >= 0.6 is 0 Å². The van der Waals surface area contributed by atoms with Crippen molar-refractivity contribution in [2.24, 2.45) is 0 Å². The number of carbonyl (C=O) groups is 1. The van der Waals surface area contributed by atoms with Crippen LogP contribution in [0.4, 0.5) is 0 Å². The molecule has 6 heteroatoms. The average molecular weight is 366 g/mol. The number of carboxylic acid groups (broad SMARTS) is 1. The number of rotatable bonds is 6. The van der Waals surface area contributed by atoms with E-state index in [1.54, 1.807) is 12.1 Å². The van der Waals surface area contributed by atoms with Crippen molar-refractivity contribution in [3.63, 3.8) is 0 Å². The van der Waals surface area contributed by atoms with E-state index in [1.165, 1.54) is 28.8 Å². The van der Waals surface area contributed by atoms with Crippen LogP contribution in [0.25, 0.3) is 10.9 Å². The molecule has 3 aromatic rings. The molecule has 1 unspecified atom stereocenters. The molecule has 6 nitrogen and oxygen atoms in total. The number of aromatic nitrogens is 1. The number of nitrogens with one attached hydrogen (secondary N) is 1. The molecule has 0 fully saturated rings. The van der Waals surface area contributed by atoms with E-state index in [0.29, 0.717) is 12.3 Å². The summed E-state index contributed by atoms with van der Waals surface area (Å²) in [6.45, 7) is 2.39. The number of carboxylic acids is 1. The molecular weight excluding hydrogens is 344 g/mol. The number of nitrogens with zero attached hydrogens (tertiary/aromatic N) is 1. The number of hydrogen-bond acceptors (Lipinski definition) is 4. The first-order valence-electron chi connectivity index (χ1n) is 9.05. The number of aliphatic hydroxyl groups excluding tert-OH is 1. The number of benzene rings is 2. The number of H-pyrrole nitrogens is 1. The third-order valence-electron chi connectivity index (χ3n) is 4.97. The Morgan fingerprint density at radius 3 is 2.74 bits per heavy atom. The maximum atomic E-state index is 10.9. The minimum absolute atomic E-state index is 0.169. The second kappa shape index (κ2) is 7.42. The smallest absolute Gasteiger partial charge is 0.335 e. The summed E-state index contributed by atoms with van der Waals surface area (Å²) in [6, 6.07) is 14.5. The van der Waals surface area contributed by atoms with E-state index in [4.69, 9.17) is 9.84 Å². The lowest BCUT2D eigenvalue weighted by Gasteiger charge is -2.28. The van der Waals surface area contributed by atoms with Gasteiger partial charge in [-0.3, -0.25) is 4.90 Å². The van der Waals surface area contributed by atoms with Crippen molar-refractivity contribution < 1.29 is 19.7 Å². The number of ether oxygens (including phenoxy) is 1. The van der Waals surface area contributed by atoms with Gasteiger partial charge in [-0.1, -0.05) is 18.2 Å². The predicted molar refractivity (Wildman–Crippen MR) is 102 cm³/mol. The summed E-state index contributed by atoms with van der Waals surface area (Å²) in [5, 5.41) is 20.5. The van der Waals surface area contributed by atoms with Gasteiger partial charge in [-0.25, -0.2) is 4.79 Å². The predicted octanol–water partition coefficient (Wildman–Crippen LogP) is 2.66. The largest absolute Gasteiger partial charge is 0.491 e. The molecule has 1 aromatic heterocycles. The molecule has 1 aliphatic rings. The van der Waals surface area contributed by atoms with Crippen LogP contribution in [0.2, 0.25) is 0 Å². The fourth-order valence-electron chi connectivity index (χ4n) is 3.64. The van der Waals surface area contributed by atoms with E-state index in [9.17, 15) is 9.90 Å². The number of aromatic amines is 1. The number of aliphatic hydroxyl groups is 1. The van der Waals surface area contributed by atoms with Crippen LogP contribution in [0, 0.1) is 0 Å². The van der Waals surface area contributed by atoms with E-state index in [0.717, 1.165) is 25.0 Å². The Balaban J connectivity index is 1.32. The normalized spacial score (nSPS) is 15.4. The molecular formula is C21H22N2O4. The van der Waals surface area contributed by atoms with Gasteiger partial charge in [0.1, 0.15) is 18.5 Å². The van der Waals surface area contributed by atoms with Gasteiger partial charge in [0.15, 0.2) is 0 Å². The van der Waals surface area contributed by atoms with Gasteiger partial charge < -0.3 is 19.9 Å². The first-order chi connectivity index (χ1) is 13.1. The van der Waals surface area contributed by atoms with Crippen LogP contribution in [0.15, 0.2) is 48.5 Å². The van der Waals surface area contributed by atoms with E-state index in [2.05, 4.69) is 28.1 Å².